The zero-order valence-corrected chi connectivity index (χ0v) is 8.60. The molecule has 15 heavy (non-hydrogen) atoms. The van der Waals surface area contributed by atoms with Crippen LogP contribution in [0.25, 0.3) is 10.9 Å². The van der Waals surface area contributed by atoms with Gasteiger partial charge in [0.25, 0.3) is 0 Å². The summed E-state index contributed by atoms with van der Waals surface area (Å²) in [5.41, 5.74) is 2.32. The van der Waals surface area contributed by atoms with Gasteiger partial charge in [-0.25, -0.2) is 0 Å². The predicted octanol–water partition coefficient (Wildman–Crippen LogP) is 2.42. The largest absolute Gasteiger partial charge is 0.481 e. The van der Waals surface area contributed by atoms with E-state index in [-0.39, 0.29) is 6.42 Å². The lowest BCUT2D eigenvalue weighted by molar-refractivity contribution is -0.137. The first-order valence-electron chi connectivity index (χ1n) is 4.94. The third kappa shape index (κ3) is 2.01. The minimum atomic E-state index is -0.760. The molecule has 0 unspecified atom stereocenters. The number of nitrogens with zero attached hydrogens (tertiary/aromatic N) is 1. The fraction of sp³-hybridized carbons (Fsp3) is 0.250. The smallest absolute Gasteiger partial charge is 0.305 e. The molecule has 1 N–H and O–H groups in total. The van der Waals surface area contributed by atoms with Gasteiger partial charge in [-0.15, -0.1) is 0 Å². The molecule has 0 amide bonds. The summed E-state index contributed by atoms with van der Waals surface area (Å²) in [6, 6.07) is 8.20. The summed E-state index contributed by atoms with van der Waals surface area (Å²) >= 11 is 0. The van der Waals surface area contributed by atoms with Gasteiger partial charge in [0, 0.05) is 18.3 Å². The van der Waals surface area contributed by atoms with Crippen molar-refractivity contribution in [3.05, 3.63) is 36.0 Å². The van der Waals surface area contributed by atoms with Crippen molar-refractivity contribution in [1.82, 2.24) is 4.57 Å². The molecule has 0 aliphatic heterocycles. The number of benzene rings is 1. The molecular weight excluding hydrogens is 190 g/mol. The van der Waals surface area contributed by atoms with E-state index in [1.807, 2.05) is 35.9 Å². The Balaban J connectivity index is 2.32. The first-order chi connectivity index (χ1) is 7.16. The lowest BCUT2D eigenvalue weighted by atomic mass is 10.2. The van der Waals surface area contributed by atoms with Gasteiger partial charge < -0.3 is 9.67 Å². The highest BCUT2D eigenvalue weighted by Gasteiger charge is 2.02. The quantitative estimate of drug-likeness (QED) is 0.832. The van der Waals surface area contributed by atoms with E-state index >= 15 is 0 Å². The molecule has 3 nitrogen and oxygen atoms in total. The Morgan fingerprint density at radius 2 is 2.20 bits per heavy atom. The molecule has 0 saturated carbocycles. The Hall–Kier alpha value is -1.77. The van der Waals surface area contributed by atoms with Gasteiger partial charge in [0.1, 0.15) is 0 Å². The van der Waals surface area contributed by atoms with Crippen molar-refractivity contribution in [3.63, 3.8) is 0 Å². The monoisotopic (exact) mass is 203 g/mol. The number of aryl methyl sites for hydroxylation is 2. The molecule has 1 aromatic carbocycles. The van der Waals surface area contributed by atoms with Crippen molar-refractivity contribution in [3.8, 4) is 0 Å². The summed E-state index contributed by atoms with van der Waals surface area (Å²) < 4.78 is 1.98. The van der Waals surface area contributed by atoms with Crippen molar-refractivity contribution < 1.29 is 9.90 Å². The lowest BCUT2D eigenvalue weighted by Gasteiger charge is -2.03. The lowest BCUT2D eigenvalue weighted by Crippen LogP contribution is -2.03. The van der Waals surface area contributed by atoms with Crippen molar-refractivity contribution in [2.75, 3.05) is 0 Å². The molecule has 0 radical (unpaired) electrons. The maximum atomic E-state index is 10.5. The summed E-state index contributed by atoms with van der Waals surface area (Å²) in [5.74, 6) is -0.760. The molecule has 1 aromatic heterocycles. The number of carboxylic acids is 1. The van der Waals surface area contributed by atoms with Gasteiger partial charge in [0.2, 0.25) is 0 Å². The summed E-state index contributed by atoms with van der Waals surface area (Å²) in [4.78, 5) is 10.5. The minimum Gasteiger partial charge on any atom is -0.481 e. The summed E-state index contributed by atoms with van der Waals surface area (Å²) in [6.07, 6.45) is 2.10. The number of aliphatic carboxylic acids is 1. The Morgan fingerprint density at radius 1 is 1.40 bits per heavy atom. The number of hydrogen-bond donors (Lipinski definition) is 1. The first kappa shape index (κ1) is 9.77. The van der Waals surface area contributed by atoms with Crippen LogP contribution in [0.2, 0.25) is 0 Å². The normalized spacial score (nSPS) is 10.7. The maximum absolute atomic E-state index is 10.5. The number of carboxylic acid groups (broad SMARTS) is 1. The second-order valence-corrected chi connectivity index (χ2v) is 3.72. The van der Waals surface area contributed by atoms with Gasteiger partial charge in [-0.1, -0.05) is 11.6 Å². The van der Waals surface area contributed by atoms with Gasteiger partial charge in [-0.05, 0) is 30.5 Å². The van der Waals surface area contributed by atoms with Crippen molar-refractivity contribution in [2.24, 2.45) is 0 Å². The van der Waals surface area contributed by atoms with E-state index in [1.165, 1.54) is 10.9 Å². The molecule has 3 heteroatoms. The van der Waals surface area contributed by atoms with Crippen LogP contribution in [0.4, 0.5) is 0 Å². The Morgan fingerprint density at radius 3 is 2.93 bits per heavy atom. The highest BCUT2D eigenvalue weighted by molar-refractivity contribution is 5.81. The molecule has 0 atom stereocenters. The van der Waals surface area contributed by atoms with E-state index in [0.717, 1.165) is 5.52 Å². The molecular formula is C12H13NO2. The van der Waals surface area contributed by atoms with Crippen LogP contribution in [0.3, 0.4) is 0 Å². The molecule has 0 fully saturated rings. The third-order valence-corrected chi connectivity index (χ3v) is 2.49. The summed E-state index contributed by atoms with van der Waals surface area (Å²) in [6.45, 7) is 2.58. The molecule has 2 rings (SSSR count). The Labute approximate surface area is 87.9 Å². The van der Waals surface area contributed by atoms with Gasteiger partial charge >= 0.3 is 5.97 Å². The number of hydrogen-bond acceptors (Lipinski definition) is 1. The topological polar surface area (TPSA) is 42.2 Å². The van der Waals surface area contributed by atoms with E-state index < -0.39 is 5.97 Å². The zero-order valence-electron chi connectivity index (χ0n) is 8.60. The number of carbonyl (C=O) groups is 1. The molecule has 0 spiro atoms. The molecule has 0 bridgehead atoms. The van der Waals surface area contributed by atoms with Gasteiger partial charge in [-0.2, -0.15) is 0 Å². The minimum absolute atomic E-state index is 0.164. The van der Waals surface area contributed by atoms with Gasteiger partial charge in [-0.3, -0.25) is 4.79 Å². The van der Waals surface area contributed by atoms with Crippen LogP contribution in [-0.4, -0.2) is 15.6 Å². The average Bonchev–Trinajstić information content (AvgIpc) is 2.57. The van der Waals surface area contributed by atoms with Crippen LogP contribution in [0.5, 0.6) is 0 Å². The molecule has 0 aliphatic carbocycles. The number of aromatic nitrogens is 1. The average molecular weight is 203 g/mol. The maximum Gasteiger partial charge on any atom is 0.305 e. The number of fused-ring (bicyclic) bond motifs is 1. The van der Waals surface area contributed by atoms with E-state index in [9.17, 15) is 4.79 Å². The highest BCUT2D eigenvalue weighted by atomic mass is 16.4. The Bertz CT molecular complexity index is 499. The second kappa shape index (κ2) is 3.77. The van der Waals surface area contributed by atoms with Gasteiger partial charge in [0.05, 0.1) is 6.42 Å². The summed E-state index contributed by atoms with van der Waals surface area (Å²) in [5, 5.41) is 9.78. The van der Waals surface area contributed by atoms with Crippen LogP contribution in [0.15, 0.2) is 30.5 Å². The van der Waals surface area contributed by atoms with E-state index in [1.54, 1.807) is 0 Å². The van der Waals surface area contributed by atoms with Crippen LogP contribution < -0.4 is 0 Å². The summed E-state index contributed by atoms with van der Waals surface area (Å²) in [7, 11) is 0. The molecule has 2 aromatic rings. The number of rotatable bonds is 3. The predicted molar refractivity (Wildman–Crippen MR) is 58.9 cm³/mol. The Kier molecular flexibility index (Phi) is 2.46. The first-order valence-corrected chi connectivity index (χ1v) is 4.94. The van der Waals surface area contributed by atoms with Gasteiger partial charge in [0.15, 0.2) is 0 Å². The van der Waals surface area contributed by atoms with E-state index in [0.29, 0.717) is 6.54 Å². The van der Waals surface area contributed by atoms with Crippen molar-refractivity contribution in [1.29, 1.82) is 0 Å². The van der Waals surface area contributed by atoms with Crippen molar-refractivity contribution in [2.45, 2.75) is 19.9 Å². The standard InChI is InChI=1S/C12H13NO2/c1-9-2-3-11-10(8-9)4-6-13(11)7-5-12(14)15/h2-4,6,8H,5,7H2,1H3,(H,14,15). The van der Waals surface area contributed by atoms with Crippen LogP contribution in [0.1, 0.15) is 12.0 Å². The van der Waals surface area contributed by atoms with Crippen LogP contribution in [-0.2, 0) is 11.3 Å². The third-order valence-electron chi connectivity index (χ3n) is 2.49. The molecule has 0 saturated heterocycles. The van der Waals surface area contributed by atoms with Crippen molar-refractivity contribution >= 4 is 16.9 Å². The second-order valence-electron chi connectivity index (χ2n) is 3.72. The van der Waals surface area contributed by atoms with E-state index in [2.05, 4.69) is 6.07 Å². The zero-order chi connectivity index (χ0) is 10.8. The fourth-order valence-electron chi connectivity index (χ4n) is 1.73. The van der Waals surface area contributed by atoms with E-state index in [4.69, 9.17) is 5.11 Å². The van der Waals surface area contributed by atoms with Crippen LogP contribution in [0, 0.1) is 6.92 Å². The highest BCUT2D eigenvalue weighted by Crippen LogP contribution is 2.17. The molecule has 78 valence electrons. The SMILES string of the molecule is Cc1ccc2c(ccn2CCC(=O)O)c1. The molecule has 1 heterocycles. The van der Waals surface area contributed by atoms with Crippen LogP contribution >= 0.6 is 0 Å². The fourth-order valence-corrected chi connectivity index (χ4v) is 1.73. The molecule has 0 aliphatic rings.